The van der Waals surface area contributed by atoms with Crippen LogP contribution in [0.4, 0.5) is 4.79 Å². The highest BCUT2D eigenvalue weighted by Crippen LogP contribution is 2.04. The average Bonchev–Trinajstić information content (AvgIpc) is 1.82. The summed E-state index contributed by atoms with van der Waals surface area (Å²) in [4.78, 5) is 23.2. The Labute approximate surface area is 71.9 Å². The van der Waals surface area contributed by atoms with Gasteiger partial charge < -0.3 is 16.0 Å². The summed E-state index contributed by atoms with van der Waals surface area (Å²) in [6, 6.07) is -0.699. The molecule has 0 heterocycles. The second-order valence-corrected chi connectivity index (χ2v) is 3.31. The fourth-order valence-electron chi connectivity index (χ4n) is 0.920. The summed E-state index contributed by atoms with van der Waals surface area (Å²) in [6.45, 7) is 3.19. The number of carbonyl (C=O) groups is 2. The lowest BCUT2D eigenvalue weighted by Gasteiger charge is -2.27. The molecule has 0 bridgehead atoms. The summed E-state index contributed by atoms with van der Waals surface area (Å²) in [5.74, 6) is -0.193. The minimum atomic E-state index is -0.935. The van der Waals surface area contributed by atoms with Crippen LogP contribution in [-0.4, -0.2) is 36.5 Å². The Hall–Kier alpha value is -1.26. The smallest absolute Gasteiger partial charge is 0.313 e. The first-order valence-electron chi connectivity index (χ1n) is 3.56. The SMILES string of the molecule is CN(C)C(=O)C(C)(C)NC(N)=O. The fourth-order valence-corrected chi connectivity index (χ4v) is 0.920. The van der Waals surface area contributed by atoms with Crippen LogP contribution in [0.1, 0.15) is 13.8 Å². The largest absolute Gasteiger partial charge is 0.352 e. The van der Waals surface area contributed by atoms with Crippen molar-refractivity contribution in [2.24, 2.45) is 5.73 Å². The minimum absolute atomic E-state index is 0.193. The molecular formula is C7H15N3O2. The number of hydrogen-bond donors (Lipinski definition) is 2. The maximum absolute atomic E-state index is 11.4. The molecule has 0 aliphatic carbocycles. The number of carbonyl (C=O) groups excluding carboxylic acids is 2. The molecule has 0 aliphatic rings. The molecule has 0 aliphatic heterocycles. The zero-order valence-corrected chi connectivity index (χ0v) is 7.84. The molecule has 0 unspecified atom stereocenters. The van der Waals surface area contributed by atoms with Crippen molar-refractivity contribution in [3.05, 3.63) is 0 Å². The van der Waals surface area contributed by atoms with Crippen molar-refractivity contribution in [1.82, 2.24) is 10.2 Å². The average molecular weight is 173 g/mol. The number of likely N-dealkylation sites (N-methyl/N-ethyl adjacent to an activating group) is 1. The van der Waals surface area contributed by atoms with Crippen molar-refractivity contribution in [3.8, 4) is 0 Å². The first kappa shape index (κ1) is 10.7. The first-order valence-corrected chi connectivity index (χ1v) is 3.56. The molecule has 12 heavy (non-hydrogen) atoms. The van der Waals surface area contributed by atoms with Crippen LogP contribution in [0.25, 0.3) is 0 Å². The highest BCUT2D eigenvalue weighted by atomic mass is 16.2. The minimum Gasteiger partial charge on any atom is -0.352 e. The van der Waals surface area contributed by atoms with Crippen molar-refractivity contribution < 1.29 is 9.59 Å². The van der Waals surface area contributed by atoms with Crippen molar-refractivity contribution in [3.63, 3.8) is 0 Å². The zero-order chi connectivity index (χ0) is 9.94. The highest BCUT2D eigenvalue weighted by molar-refractivity contribution is 5.89. The van der Waals surface area contributed by atoms with Gasteiger partial charge in [0.05, 0.1) is 0 Å². The Kier molecular flexibility index (Phi) is 3.06. The molecular weight excluding hydrogens is 158 g/mol. The van der Waals surface area contributed by atoms with Gasteiger partial charge in [0.2, 0.25) is 5.91 Å². The third-order valence-corrected chi connectivity index (χ3v) is 1.38. The van der Waals surface area contributed by atoms with Gasteiger partial charge in [-0.2, -0.15) is 0 Å². The summed E-state index contributed by atoms with van der Waals surface area (Å²) in [5, 5.41) is 2.35. The van der Waals surface area contributed by atoms with Crippen molar-refractivity contribution in [1.29, 1.82) is 0 Å². The molecule has 0 aromatic carbocycles. The number of urea groups is 1. The van der Waals surface area contributed by atoms with Gasteiger partial charge >= 0.3 is 6.03 Å². The number of nitrogens with one attached hydrogen (secondary N) is 1. The fraction of sp³-hybridized carbons (Fsp3) is 0.714. The van der Waals surface area contributed by atoms with Crippen molar-refractivity contribution in [2.75, 3.05) is 14.1 Å². The maximum atomic E-state index is 11.4. The molecule has 3 N–H and O–H groups in total. The molecule has 0 saturated carbocycles. The molecule has 0 aromatic rings. The molecule has 5 heteroatoms. The molecule has 0 spiro atoms. The van der Waals surface area contributed by atoms with Gasteiger partial charge in [-0.1, -0.05) is 0 Å². The number of rotatable bonds is 2. The molecule has 3 amide bonds. The van der Waals surface area contributed by atoms with Gasteiger partial charge in [-0.3, -0.25) is 4.79 Å². The molecule has 0 saturated heterocycles. The van der Waals surface area contributed by atoms with E-state index in [0.717, 1.165) is 0 Å². The van der Waals surface area contributed by atoms with Crippen LogP contribution in [0.3, 0.4) is 0 Å². The Morgan fingerprint density at radius 2 is 1.75 bits per heavy atom. The summed E-state index contributed by atoms with van der Waals surface area (Å²) in [6.07, 6.45) is 0. The molecule has 0 aromatic heterocycles. The van der Waals surface area contributed by atoms with E-state index in [1.807, 2.05) is 0 Å². The predicted molar refractivity (Wildman–Crippen MR) is 45.5 cm³/mol. The summed E-state index contributed by atoms with van der Waals surface area (Å²) in [7, 11) is 3.24. The number of hydrogen-bond acceptors (Lipinski definition) is 2. The van der Waals surface area contributed by atoms with Crippen LogP contribution in [0.5, 0.6) is 0 Å². The van der Waals surface area contributed by atoms with Gasteiger partial charge in [0, 0.05) is 14.1 Å². The Morgan fingerprint density at radius 3 is 2.00 bits per heavy atom. The van der Waals surface area contributed by atoms with E-state index in [4.69, 9.17) is 5.73 Å². The van der Waals surface area contributed by atoms with Gasteiger partial charge in [-0.05, 0) is 13.8 Å². The van der Waals surface area contributed by atoms with E-state index < -0.39 is 11.6 Å². The van der Waals surface area contributed by atoms with Crippen LogP contribution in [-0.2, 0) is 4.79 Å². The monoisotopic (exact) mass is 173 g/mol. The lowest BCUT2D eigenvalue weighted by molar-refractivity contribution is -0.134. The van der Waals surface area contributed by atoms with Crippen LogP contribution in [0.2, 0.25) is 0 Å². The number of amides is 3. The van der Waals surface area contributed by atoms with E-state index in [1.54, 1.807) is 27.9 Å². The van der Waals surface area contributed by atoms with Crippen LogP contribution in [0, 0.1) is 0 Å². The summed E-state index contributed by atoms with van der Waals surface area (Å²) in [5.41, 5.74) is 3.96. The van der Waals surface area contributed by atoms with E-state index >= 15 is 0 Å². The molecule has 5 nitrogen and oxygen atoms in total. The molecule has 0 fully saturated rings. The van der Waals surface area contributed by atoms with E-state index in [2.05, 4.69) is 5.32 Å². The van der Waals surface area contributed by atoms with Gasteiger partial charge in [0.1, 0.15) is 5.54 Å². The van der Waals surface area contributed by atoms with E-state index in [-0.39, 0.29) is 5.91 Å². The second-order valence-electron chi connectivity index (χ2n) is 3.31. The van der Waals surface area contributed by atoms with Crippen LogP contribution < -0.4 is 11.1 Å². The highest BCUT2D eigenvalue weighted by Gasteiger charge is 2.29. The Bertz CT molecular complexity index is 199. The predicted octanol–water partition coefficient (Wildman–Crippen LogP) is -0.478. The maximum Gasteiger partial charge on any atom is 0.313 e. The third-order valence-electron chi connectivity index (χ3n) is 1.38. The number of primary amides is 1. The van der Waals surface area contributed by atoms with Crippen LogP contribution in [0.15, 0.2) is 0 Å². The molecule has 0 rings (SSSR count). The van der Waals surface area contributed by atoms with Gasteiger partial charge in [0.15, 0.2) is 0 Å². The molecule has 0 atom stereocenters. The van der Waals surface area contributed by atoms with E-state index in [0.29, 0.717) is 0 Å². The zero-order valence-electron chi connectivity index (χ0n) is 7.84. The van der Waals surface area contributed by atoms with Gasteiger partial charge in [-0.25, -0.2) is 4.79 Å². The second kappa shape index (κ2) is 3.42. The lowest BCUT2D eigenvalue weighted by atomic mass is 10.0. The number of nitrogens with two attached hydrogens (primary N) is 1. The quantitative estimate of drug-likeness (QED) is 0.592. The van der Waals surface area contributed by atoms with Crippen LogP contribution >= 0.6 is 0 Å². The van der Waals surface area contributed by atoms with Crippen molar-refractivity contribution in [2.45, 2.75) is 19.4 Å². The topological polar surface area (TPSA) is 75.4 Å². The normalized spacial score (nSPS) is 10.7. The van der Waals surface area contributed by atoms with E-state index in [9.17, 15) is 9.59 Å². The van der Waals surface area contributed by atoms with Crippen molar-refractivity contribution >= 4 is 11.9 Å². The van der Waals surface area contributed by atoms with Gasteiger partial charge in [-0.15, -0.1) is 0 Å². The first-order chi connectivity index (χ1) is 5.27. The standard InChI is InChI=1S/C7H15N3O2/c1-7(2,9-6(8)12)5(11)10(3)4/h1-4H3,(H3,8,9,12). The van der Waals surface area contributed by atoms with Gasteiger partial charge in [0.25, 0.3) is 0 Å². The number of nitrogens with zero attached hydrogens (tertiary/aromatic N) is 1. The third kappa shape index (κ3) is 2.77. The lowest BCUT2D eigenvalue weighted by Crippen LogP contribution is -2.55. The summed E-state index contributed by atoms with van der Waals surface area (Å²) >= 11 is 0. The van der Waals surface area contributed by atoms with E-state index in [1.165, 1.54) is 4.90 Å². The summed E-state index contributed by atoms with van der Waals surface area (Å²) < 4.78 is 0. The molecule has 70 valence electrons. The Balaban J connectivity index is 4.39. The molecule has 0 radical (unpaired) electrons. The Morgan fingerprint density at radius 1 is 1.33 bits per heavy atom.